The van der Waals surface area contributed by atoms with Gasteiger partial charge in [0.25, 0.3) is 0 Å². The van der Waals surface area contributed by atoms with Crippen molar-refractivity contribution in [2.45, 2.75) is 32.6 Å². The van der Waals surface area contributed by atoms with Crippen LogP contribution in [-0.4, -0.2) is 36.0 Å². The van der Waals surface area contributed by atoms with Gasteiger partial charge in [0.1, 0.15) is 0 Å². The van der Waals surface area contributed by atoms with Crippen LogP contribution in [0.1, 0.15) is 20.8 Å². The number of alkyl halides is 4. The van der Waals surface area contributed by atoms with E-state index in [1.165, 1.54) is 0 Å². The van der Waals surface area contributed by atoms with Crippen LogP contribution >= 0.6 is 0 Å². The highest BCUT2D eigenvalue weighted by molar-refractivity contribution is 5.35. The Hall–Kier alpha value is -0.650. The number of halogens is 5. The highest BCUT2D eigenvalue weighted by Crippen LogP contribution is 2.58. The molecule has 1 rings (SSSR count). The zero-order chi connectivity index (χ0) is 12.8. The Kier molecular flexibility index (Phi) is 3.09. The first kappa shape index (κ1) is 13.4. The molecule has 94 valence electrons. The Labute approximate surface area is 91.1 Å². The molecule has 0 aromatic carbocycles. The number of hydrogen-bond donors (Lipinski definition) is 0. The van der Waals surface area contributed by atoms with Crippen LogP contribution < -0.4 is 0 Å². The topological polar surface area (TPSA) is 0 Å². The average Bonchev–Trinajstić information content (AvgIpc) is 2.24. The summed E-state index contributed by atoms with van der Waals surface area (Å²) in [6.45, 7) is 5.25. The van der Waals surface area contributed by atoms with Crippen molar-refractivity contribution in [1.29, 1.82) is 0 Å². The summed E-state index contributed by atoms with van der Waals surface area (Å²) < 4.78 is 64.6. The van der Waals surface area contributed by atoms with Crippen LogP contribution in [0.4, 0.5) is 22.0 Å². The third kappa shape index (κ3) is 1.31. The molecule has 0 aliphatic heterocycles. The van der Waals surface area contributed by atoms with Gasteiger partial charge in [0.05, 0.1) is 19.6 Å². The fourth-order valence-electron chi connectivity index (χ4n) is 2.16. The number of nitrogens with zero attached hydrogens (tertiary/aromatic N) is 1. The van der Waals surface area contributed by atoms with Gasteiger partial charge in [-0.2, -0.15) is 22.0 Å². The normalized spacial score (nSPS) is 23.2. The molecule has 0 radical (unpaired) electrons. The highest BCUT2D eigenvalue weighted by atomic mass is 19.3. The summed E-state index contributed by atoms with van der Waals surface area (Å²) in [5.74, 6) is -11.0. The molecule has 1 aliphatic rings. The third-order valence-corrected chi connectivity index (χ3v) is 3.47. The lowest BCUT2D eigenvalue weighted by Crippen LogP contribution is -2.64. The summed E-state index contributed by atoms with van der Waals surface area (Å²) >= 11 is 0. The van der Waals surface area contributed by atoms with Gasteiger partial charge >= 0.3 is 11.8 Å². The first-order chi connectivity index (χ1) is 7.21. The molecule has 0 aromatic heterocycles. The van der Waals surface area contributed by atoms with E-state index in [1.54, 1.807) is 20.8 Å². The fourth-order valence-corrected chi connectivity index (χ4v) is 2.16. The van der Waals surface area contributed by atoms with E-state index >= 15 is 0 Å². The van der Waals surface area contributed by atoms with Gasteiger partial charge in [0.2, 0.25) is 11.5 Å². The van der Waals surface area contributed by atoms with Crippen molar-refractivity contribution in [3.8, 4) is 0 Å². The molecule has 0 fully saturated rings. The highest BCUT2D eigenvalue weighted by Gasteiger charge is 2.79. The van der Waals surface area contributed by atoms with E-state index in [-0.39, 0.29) is 19.6 Å². The van der Waals surface area contributed by atoms with E-state index in [4.69, 9.17) is 0 Å². The van der Waals surface area contributed by atoms with Crippen molar-refractivity contribution in [3.05, 3.63) is 11.5 Å². The second-order valence-electron chi connectivity index (χ2n) is 3.91. The van der Waals surface area contributed by atoms with Gasteiger partial charge in [-0.05, 0) is 20.8 Å². The summed E-state index contributed by atoms with van der Waals surface area (Å²) in [4.78, 5) is 0. The molecule has 0 atom stereocenters. The molecule has 0 saturated carbocycles. The SMILES string of the molecule is CC[N+](CC)(CC)C1=C(F)C(F)(F)C1(F)F. The Balaban J connectivity index is 3.30. The standard InChI is InChI=1S/C10H15F5N/c1-4-16(5-2,6-3)8-7(11)9(12,13)10(8,14)15/h4-6H2,1-3H3/q+1. The van der Waals surface area contributed by atoms with Crippen LogP contribution in [-0.2, 0) is 0 Å². The minimum atomic E-state index is -4.63. The van der Waals surface area contributed by atoms with Gasteiger partial charge < -0.3 is 0 Å². The maximum absolute atomic E-state index is 13.2. The summed E-state index contributed by atoms with van der Waals surface area (Å²) in [5, 5.41) is 0. The van der Waals surface area contributed by atoms with Crippen LogP contribution in [0.3, 0.4) is 0 Å². The molecule has 1 nitrogen and oxygen atoms in total. The second kappa shape index (κ2) is 3.68. The van der Waals surface area contributed by atoms with Crippen molar-refractivity contribution >= 4 is 0 Å². The van der Waals surface area contributed by atoms with E-state index in [2.05, 4.69) is 0 Å². The van der Waals surface area contributed by atoms with Crippen LogP contribution in [0.5, 0.6) is 0 Å². The Morgan fingerprint density at radius 2 is 1.25 bits per heavy atom. The lowest BCUT2D eigenvalue weighted by Gasteiger charge is -2.46. The van der Waals surface area contributed by atoms with Gasteiger partial charge in [0, 0.05) is 0 Å². The lowest BCUT2D eigenvalue weighted by atomic mass is 9.90. The van der Waals surface area contributed by atoms with Crippen molar-refractivity contribution in [1.82, 2.24) is 0 Å². The van der Waals surface area contributed by atoms with Crippen molar-refractivity contribution < 1.29 is 26.4 Å². The number of quaternary nitrogens is 1. The summed E-state index contributed by atoms with van der Waals surface area (Å²) in [5.41, 5.74) is -1.05. The quantitative estimate of drug-likeness (QED) is 0.525. The van der Waals surface area contributed by atoms with Crippen molar-refractivity contribution in [2.75, 3.05) is 19.6 Å². The minimum absolute atomic E-state index is 0.168. The van der Waals surface area contributed by atoms with Crippen molar-refractivity contribution in [2.24, 2.45) is 0 Å². The molecule has 0 saturated heterocycles. The van der Waals surface area contributed by atoms with Crippen LogP contribution in [0.25, 0.3) is 0 Å². The van der Waals surface area contributed by atoms with E-state index in [9.17, 15) is 22.0 Å². The number of hydrogen-bond acceptors (Lipinski definition) is 0. The molecule has 0 bridgehead atoms. The molecule has 16 heavy (non-hydrogen) atoms. The molecule has 6 heteroatoms. The van der Waals surface area contributed by atoms with Gasteiger partial charge in [-0.3, -0.25) is 4.48 Å². The van der Waals surface area contributed by atoms with E-state index in [1.807, 2.05) is 0 Å². The van der Waals surface area contributed by atoms with E-state index < -0.39 is 27.9 Å². The first-order valence-corrected chi connectivity index (χ1v) is 5.24. The first-order valence-electron chi connectivity index (χ1n) is 5.24. The molecule has 0 amide bonds. The zero-order valence-corrected chi connectivity index (χ0v) is 9.46. The van der Waals surface area contributed by atoms with E-state index in [0.717, 1.165) is 0 Å². The molecule has 0 aromatic rings. The predicted octanol–water partition coefficient (Wildman–Crippen LogP) is 3.33. The molecule has 1 aliphatic carbocycles. The fraction of sp³-hybridized carbons (Fsp3) is 0.800. The smallest absolute Gasteiger partial charge is 0.287 e. The molecule has 0 heterocycles. The van der Waals surface area contributed by atoms with Gasteiger partial charge in [0.15, 0.2) is 0 Å². The second-order valence-corrected chi connectivity index (χ2v) is 3.91. The number of allylic oxidation sites excluding steroid dienone is 2. The molecular formula is C10H15F5N+. The third-order valence-electron chi connectivity index (χ3n) is 3.47. The minimum Gasteiger partial charge on any atom is -0.287 e. The van der Waals surface area contributed by atoms with Crippen LogP contribution in [0.15, 0.2) is 11.5 Å². The lowest BCUT2D eigenvalue weighted by molar-refractivity contribution is -0.899. The van der Waals surface area contributed by atoms with Crippen LogP contribution in [0, 0.1) is 0 Å². The monoisotopic (exact) mass is 244 g/mol. The number of rotatable bonds is 4. The maximum atomic E-state index is 13.2. The summed E-state index contributed by atoms with van der Waals surface area (Å²) in [6.07, 6.45) is 0. The Morgan fingerprint density at radius 1 is 0.875 bits per heavy atom. The summed E-state index contributed by atoms with van der Waals surface area (Å²) in [7, 11) is 0. The summed E-state index contributed by atoms with van der Waals surface area (Å²) in [6, 6.07) is 0. The Bertz CT molecular complexity index is 309. The Morgan fingerprint density at radius 3 is 1.50 bits per heavy atom. The zero-order valence-electron chi connectivity index (χ0n) is 9.46. The molecule has 0 spiro atoms. The van der Waals surface area contributed by atoms with Gasteiger partial charge in [-0.1, -0.05) is 0 Å². The largest absolute Gasteiger partial charge is 0.391 e. The van der Waals surface area contributed by atoms with Crippen molar-refractivity contribution in [3.63, 3.8) is 0 Å². The maximum Gasteiger partial charge on any atom is 0.391 e. The van der Waals surface area contributed by atoms with Gasteiger partial charge in [-0.25, -0.2) is 0 Å². The van der Waals surface area contributed by atoms with Gasteiger partial charge in [-0.15, -0.1) is 0 Å². The van der Waals surface area contributed by atoms with Crippen LogP contribution in [0.2, 0.25) is 0 Å². The predicted molar refractivity (Wildman–Crippen MR) is 49.9 cm³/mol. The van der Waals surface area contributed by atoms with E-state index in [0.29, 0.717) is 0 Å². The molecule has 0 N–H and O–H groups in total. The molecular weight excluding hydrogens is 229 g/mol. The molecule has 0 unspecified atom stereocenters. The average molecular weight is 244 g/mol.